The van der Waals surface area contributed by atoms with E-state index in [4.69, 9.17) is 17.0 Å². The Morgan fingerprint density at radius 3 is 2.50 bits per heavy atom. The van der Waals surface area contributed by atoms with Crippen LogP contribution in [0.5, 0.6) is 5.75 Å². The summed E-state index contributed by atoms with van der Waals surface area (Å²) in [4.78, 5) is 35.3. The maximum atomic E-state index is 12.5. The van der Waals surface area contributed by atoms with Crippen LogP contribution in [-0.4, -0.2) is 39.7 Å². The Kier molecular flexibility index (Phi) is 6.53. The lowest BCUT2D eigenvalue weighted by Gasteiger charge is -2.27. The number of thioether (sulfide) groups is 1. The average molecular weight is 391 g/mol. The Bertz CT molecular complexity index is 787. The van der Waals surface area contributed by atoms with Crippen molar-refractivity contribution < 1.29 is 29.3 Å². The number of nitrogens with zero attached hydrogens (tertiary/aromatic N) is 1. The molecule has 7 nitrogen and oxygen atoms in total. The molecule has 1 saturated heterocycles. The van der Waals surface area contributed by atoms with Crippen molar-refractivity contribution in [3.05, 3.63) is 47.4 Å². The van der Waals surface area contributed by atoms with E-state index < -0.39 is 30.3 Å². The lowest BCUT2D eigenvalue weighted by molar-refractivity contribution is -0.319. The van der Waals surface area contributed by atoms with Gasteiger partial charge in [-0.25, -0.2) is 0 Å². The van der Waals surface area contributed by atoms with Crippen molar-refractivity contribution in [1.82, 2.24) is 4.90 Å². The third kappa shape index (κ3) is 4.70. The van der Waals surface area contributed by atoms with Crippen LogP contribution in [0.25, 0.3) is 6.08 Å². The molecule has 136 valence electrons. The number of benzene rings is 1. The second-order valence-corrected chi connectivity index (χ2v) is 6.81. The van der Waals surface area contributed by atoms with Crippen LogP contribution >= 0.6 is 24.0 Å². The zero-order chi connectivity index (χ0) is 19.3. The summed E-state index contributed by atoms with van der Waals surface area (Å²) in [6.45, 7) is 3.91. The van der Waals surface area contributed by atoms with Crippen molar-refractivity contribution in [2.24, 2.45) is 0 Å². The summed E-state index contributed by atoms with van der Waals surface area (Å²) in [5.74, 6) is -3.40. The van der Waals surface area contributed by atoms with Crippen LogP contribution in [-0.2, 0) is 14.4 Å². The van der Waals surface area contributed by atoms with E-state index in [1.54, 1.807) is 30.3 Å². The number of thiocarbonyl (C=S) groups is 1. The zero-order valence-electron chi connectivity index (χ0n) is 13.4. The predicted molar refractivity (Wildman–Crippen MR) is 95.6 cm³/mol. The lowest BCUT2D eigenvalue weighted by atomic mass is 10.1. The highest BCUT2D eigenvalue weighted by Crippen LogP contribution is 2.34. The number of aliphatic carboxylic acids is 2. The third-order valence-corrected chi connectivity index (χ3v) is 4.64. The molecule has 0 N–H and O–H groups in total. The smallest absolute Gasteiger partial charge is 0.266 e. The summed E-state index contributed by atoms with van der Waals surface area (Å²) in [7, 11) is 0. The Labute approximate surface area is 158 Å². The molecular weight excluding hydrogens is 378 g/mol. The van der Waals surface area contributed by atoms with Gasteiger partial charge in [-0.1, -0.05) is 48.8 Å². The van der Waals surface area contributed by atoms with Crippen molar-refractivity contribution in [3.8, 4) is 5.75 Å². The Morgan fingerprint density at radius 2 is 1.96 bits per heavy atom. The first-order valence-corrected chi connectivity index (χ1v) is 8.57. The van der Waals surface area contributed by atoms with Gasteiger partial charge in [-0.15, -0.1) is 0 Å². The van der Waals surface area contributed by atoms with E-state index >= 15 is 0 Å². The van der Waals surface area contributed by atoms with E-state index in [9.17, 15) is 24.6 Å². The normalized spacial score (nSPS) is 16.6. The number of carbonyl (C=O) groups excluding carboxylic acids is 3. The Balaban J connectivity index is 2.21. The van der Waals surface area contributed by atoms with Gasteiger partial charge in [-0.3, -0.25) is 9.69 Å². The largest absolute Gasteiger partial charge is 0.550 e. The number of carboxylic acids is 2. The maximum Gasteiger partial charge on any atom is 0.266 e. The number of rotatable bonds is 8. The molecule has 0 saturated carbocycles. The summed E-state index contributed by atoms with van der Waals surface area (Å²) < 4.78 is 5.30. The number of carboxylic acid groups (broad SMARTS) is 2. The van der Waals surface area contributed by atoms with Crippen molar-refractivity contribution in [1.29, 1.82) is 0 Å². The molecule has 0 bridgehead atoms. The fraction of sp³-hybridized carbons (Fsp3) is 0.176. The standard InChI is InChI=1S/C17H15NO6S2/c1-2-7-24-11-5-3-10(4-6-11)8-13-15(21)18(17(25)26-13)12(16(22)23)9-14(19)20/h2-6,8,12H,1,7,9H2,(H,19,20)(H,22,23)/p-2/b13-8-/t12-/m0/s1. The zero-order valence-corrected chi connectivity index (χ0v) is 15.0. The molecule has 1 heterocycles. The predicted octanol–water partition coefficient (Wildman–Crippen LogP) is -0.289. The van der Waals surface area contributed by atoms with Crippen LogP contribution in [0.4, 0.5) is 0 Å². The van der Waals surface area contributed by atoms with Gasteiger partial charge in [0.2, 0.25) is 0 Å². The third-order valence-electron chi connectivity index (χ3n) is 3.31. The van der Waals surface area contributed by atoms with Crippen molar-refractivity contribution in [2.75, 3.05) is 6.61 Å². The van der Waals surface area contributed by atoms with E-state index in [1.807, 2.05) is 0 Å². The van der Waals surface area contributed by atoms with Crippen LogP contribution in [0, 0.1) is 0 Å². The molecule has 1 aliphatic rings. The van der Waals surface area contributed by atoms with Crippen LogP contribution in [0.2, 0.25) is 0 Å². The summed E-state index contributed by atoms with van der Waals surface area (Å²) in [5, 5.41) is 21.9. The van der Waals surface area contributed by atoms with Crippen LogP contribution in [0.1, 0.15) is 12.0 Å². The number of carbonyl (C=O) groups is 3. The average Bonchev–Trinajstić information content (AvgIpc) is 2.85. The Morgan fingerprint density at radius 1 is 1.31 bits per heavy atom. The lowest BCUT2D eigenvalue weighted by Crippen LogP contribution is -2.52. The van der Waals surface area contributed by atoms with E-state index in [0.717, 1.165) is 16.7 Å². The fourth-order valence-electron chi connectivity index (χ4n) is 2.15. The first kappa shape index (κ1) is 19.7. The number of hydrogen-bond donors (Lipinski definition) is 0. The van der Waals surface area contributed by atoms with Gasteiger partial charge in [0.15, 0.2) is 0 Å². The quantitative estimate of drug-likeness (QED) is 0.338. The SMILES string of the molecule is C=CCOc1ccc(/C=C2\SC(=S)N([C@@H](CC(=O)[O-])C(=O)[O-])C2=O)cc1. The molecule has 26 heavy (non-hydrogen) atoms. The van der Waals surface area contributed by atoms with E-state index in [0.29, 0.717) is 17.9 Å². The number of amides is 1. The fourth-order valence-corrected chi connectivity index (χ4v) is 3.51. The van der Waals surface area contributed by atoms with Gasteiger partial charge in [0, 0.05) is 12.4 Å². The highest BCUT2D eigenvalue weighted by atomic mass is 32.2. The minimum absolute atomic E-state index is 0.0531. The van der Waals surface area contributed by atoms with Crippen molar-refractivity contribution in [3.63, 3.8) is 0 Å². The summed E-state index contributed by atoms with van der Waals surface area (Å²) in [6, 6.07) is 5.12. The van der Waals surface area contributed by atoms with Gasteiger partial charge in [0.25, 0.3) is 5.91 Å². The molecule has 1 fully saturated rings. The van der Waals surface area contributed by atoms with Crippen molar-refractivity contribution >= 4 is 52.2 Å². The molecule has 1 aromatic carbocycles. The van der Waals surface area contributed by atoms with Gasteiger partial charge in [-0.05, 0) is 23.8 Å². The second kappa shape index (κ2) is 8.63. The van der Waals surface area contributed by atoms with Crippen molar-refractivity contribution in [2.45, 2.75) is 12.5 Å². The second-order valence-electron chi connectivity index (χ2n) is 5.13. The molecule has 0 unspecified atom stereocenters. The Hall–Kier alpha value is -2.65. The van der Waals surface area contributed by atoms with E-state index in [1.165, 1.54) is 6.08 Å². The van der Waals surface area contributed by atoms with Gasteiger partial charge in [-0.2, -0.15) is 0 Å². The molecule has 1 atom stereocenters. The topological polar surface area (TPSA) is 110 Å². The summed E-state index contributed by atoms with van der Waals surface area (Å²) in [6.07, 6.45) is 2.24. The molecule has 2 rings (SSSR count). The first-order chi connectivity index (χ1) is 12.3. The molecule has 0 aromatic heterocycles. The highest BCUT2D eigenvalue weighted by Gasteiger charge is 2.37. The van der Waals surface area contributed by atoms with Crippen LogP contribution < -0.4 is 14.9 Å². The van der Waals surface area contributed by atoms with E-state index in [2.05, 4.69) is 6.58 Å². The van der Waals surface area contributed by atoms with Crippen LogP contribution in [0.3, 0.4) is 0 Å². The first-order valence-electron chi connectivity index (χ1n) is 7.35. The minimum Gasteiger partial charge on any atom is -0.550 e. The summed E-state index contributed by atoms with van der Waals surface area (Å²) in [5.41, 5.74) is 0.668. The summed E-state index contributed by atoms with van der Waals surface area (Å²) >= 11 is 5.91. The van der Waals surface area contributed by atoms with Gasteiger partial charge < -0.3 is 24.5 Å². The van der Waals surface area contributed by atoms with Gasteiger partial charge in [0.1, 0.15) is 16.7 Å². The molecule has 9 heteroatoms. The monoisotopic (exact) mass is 391 g/mol. The minimum atomic E-state index is -1.71. The molecule has 1 amide bonds. The van der Waals surface area contributed by atoms with E-state index in [-0.39, 0.29) is 9.23 Å². The molecule has 0 radical (unpaired) electrons. The van der Waals surface area contributed by atoms with Gasteiger partial charge >= 0.3 is 0 Å². The molecule has 0 spiro atoms. The molecular formula is C17H13NO6S2-2. The number of hydrogen-bond acceptors (Lipinski definition) is 8. The van der Waals surface area contributed by atoms with Gasteiger partial charge in [0.05, 0.1) is 16.9 Å². The number of ether oxygens (including phenoxy) is 1. The van der Waals surface area contributed by atoms with Crippen LogP contribution in [0.15, 0.2) is 41.8 Å². The maximum absolute atomic E-state index is 12.5. The molecule has 1 aliphatic heterocycles. The highest BCUT2D eigenvalue weighted by molar-refractivity contribution is 8.26. The molecule has 1 aromatic rings. The molecule has 0 aliphatic carbocycles.